The average Bonchev–Trinajstić information content (AvgIpc) is 2.55. The molecule has 5 nitrogen and oxygen atoms in total. The molecule has 1 aromatic rings. The molecular weight excluding hydrogens is 282 g/mol. The largest absolute Gasteiger partial charge is 0.496 e. The van der Waals surface area contributed by atoms with Gasteiger partial charge in [-0.3, -0.25) is 4.79 Å². The van der Waals surface area contributed by atoms with Crippen LogP contribution in [0.2, 0.25) is 0 Å². The first-order valence-corrected chi connectivity index (χ1v) is 7.46. The lowest BCUT2D eigenvalue weighted by Crippen LogP contribution is -2.22. The van der Waals surface area contributed by atoms with Crippen molar-refractivity contribution in [1.82, 2.24) is 0 Å². The Labute approximate surface area is 131 Å². The maximum atomic E-state index is 11.6. The Hall–Kier alpha value is -2.01. The van der Waals surface area contributed by atoms with E-state index in [1.807, 2.05) is 19.1 Å². The Morgan fingerprint density at radius 1 is 1.41 bits per heavy atom. The maximum Gasteiger partial charge on any atom is 0.247 e. The molecule has 1 N–H and O–H groups in total. The number of hydrogen-bond donors (Lipinski definition) is 1. The normalized spacial score (nSPS) is 15.2. The molecule has 1 fully saturated rings. The highest BCUT2D eigenvalue weighted by molar-refractivity contribution is 6.00. The van der Waals surface area contributed by atoms with Crippen LogP contribution in [0.1, 0.15) is 18.4 Å². The first-order chi connectivity index (χ1) is 10.6. The second-order valence-corrected chi connectivity index (χ2v) is 5.38. The van der Waals surface area contributed by atoms with E-state index < -0.39 is 0 Å². The molecule has 2 rings (SSSR count). The fraction of sp³-hybridized carbons (Fsp3) is 0.471. The lowest BCUT2D eigenvalue weighted by molar-refractivity contribution is -0.111. The van der Waals surface area contributed by atoms with Crippen LogP contribution in [0.15, 0.2) is 24.8 Å². The van der Waals surface area contributed by atoms with Crippen molar-refractivity contribution < 1.29 is 19.0 Å². The summed E-state index contributed by atoms with van der Waals surface area (Å²) in [5.41, 5.74) is 1.57. The number of methoxy groups -OCH3 is 1. The van der Waals surface area contributed by atoms with E-state index >= 15 is 0 Å². The van der Waals surface area contributed by atoms with Crippen molar-refractivity contribution in [2.45, 2.75) is 19.8 Å². The average molecular weight is 305 g/mol. The van der Waals surface area contributed by atoms with Gasteiger partial charge < -0.3 is 19.5 Å². The second-order valence-electron chi connectivity index (χ2n) is 5.38. The number of carbonyl (C=O) groups excluding carboxylic acids is 1. The first-order valence-electron chi connectivity index (χ1n) is 7.46. The number of benzene rings is 1. The zero-order valence-electron chi connectivity index (χ0n) is 13.2. The fourth-order valence-corrected chi connectivity index (χ4v) is 2.41. The molecule has 22 heavy (non-hydrogen) atoms. The number of anilines is 1. The van der Waals surface area contributed by atoms with Crippen molar-refractivity contribution in [3.8, 4) is 11.5 Å². The van der Waals surface area contributed by atoms with Gasteiger partial charge in [0, 0.05) is 19.3 Å². The van der Waals surface area contributed by atoms with Crippen LogP contribution in [0.3, 0.4) is 0 Å². The van der Waals surface area contributed by atoms with Crippen molar-refractivity contribution in [3.63, 3.8) is 0 Å². The van der Waals surface area contributed by atoms with Crippen LogP contribution in [-0.4, -0.2) is 32.8 Å². The SMILES string of the molecule is C=CC(=O)Nc1cc(C)c(OC)cc1OCC1CCOCC1. The highest BCUT2D eigenvalue weighted by Crippen LogP contribution is 2.33. The topological polar surface area (TPSA) is 56.8 Å². The summed E-state index contributed by atoms with van der Waals surface area (Å²) in [6.07, 6.45) is 3.23. The molecule has 120 valence electrons. The molecule has 0 aliphatic carbocycles. The molecule has 0 saturated carbocycles. The maximum absolute atomic E-state index is 11.6. The van der Waals surface area contributed by atoms with Gasteiger partial charge >= 0.3 is 0 Å². The van der Waals surface area contributed by atoms with E-state index in [9.17, 15) is 4.79 Å². The molecule has 1 aliphatic heterocycles. The minimum Gasteiger partial charge on any atom is -0.496 e. The quantitative estimate of drug-likeness (QED) is 0.821. The first kappa shape index (κ1) is 16.4. The molecule has 1 saturated heterocycles. The predicted molar refractivity (Wildman–Crippen MR) is 85.6 cm³/mol. The third kappa shape index (κ3) is 4.24. The number of hydrogen-bond acceptors (Lipinski definition) is 4. The molecular formula is C17H23NO4. The van der Waals surface area contributed by atoms with Crippen LogP contribution >= 0.6 is 0 Å². The van der Waals surface area contributed by atoms with Crippen molar-refractivity contribution in [3.05, 3.63) is 30.4 Å². The highest BCUT2D eigenvalue weighted by atomic mass is 16.5. The van der Waals surface area contributed by atoms with Crippen molar-refractivity contribution >= 4 is 11.6 Å². The van der Waals surface area contributed by atoms with Gasteiger partial charge in [-0.05, 0) is 43.4 Å². The molecule has 0 bridgehead atoms. The number of nitrogens with one attached hydrogen (secondary N) is 1. The molecule has 0 spiro atoms. The van der Waals surface area contributed by atoms with E-state index in [4.69, 9.17) is 14.2 Å². The number of carbonyl (C=O) groups is 1. The van der Waals surface area contributed by atoms with Gasteiger partial charge in [-0.2, -0.15) is 0 Å². The molecule has 1 heterocycles. The van der Waals surface area contributed by atoms with Gasteiger partial charge in [0.05, 0.1) is 19.4 Å². The molecule has 0 radical (unpaired) electrons. The van der Waals surface area contributed by atoms with Gasteiger partial charge in [0.25, 0.3) is 0 Å². The molecule has 5 heteroatoms. The summed E-state index contributed by atoms with van der Waals surface area (Å²) in [5, 5.41) is 2.78. The lowest BCUT2D eigenvalue weighted by Gasteiger charge is -2.23. The van der Waals surface area contributed by atoms with Crippen LogP contribution in [0.4, 0.5) is 5.69 Å². The Morgan fingerprint density at radius 3 is 2.77 bits per heavy atom. The van der Waals surface area contributed by atoms with Crippen LogP contribution in [0.5, 0.6) is 11.5 Å². The van der Waals surface area contributed by atoms with E-state index in [1.165, 1.54) is 6.08 Å². The second kappa shape index (κ2) is 7.84. The molecule has 0 atom stereocenters. The van der Waals surface area contributed by atoms with Crippen molar-refractivity contribution in [1.29, 1.82) is 0 Å². The Morgan fingerprint density at radius 2 is 2.14 bits per heavy atom. The summed E-state index contributed by atoms with van der Waals surface area (Å²) < 4.78 is 16.6. The van der Waals surface area contributed by atoms with Crippen LogP contribution in [0.25, 0.3) is 0 Å². The van der Waals surface area contributed by atoms with E-state index in [1.54, 1.807) is 7.11 Å². The molecule has 1 aliphatic rings. The molecule has 1 amide bonds. The van der Waals surface area contributed by atoms with E-state index in [0.29, 0.717) is 24.0 Å². The summed E-state index contributed by atoms with van der Waals surface area (Å²) in [7, 11) is 1.62. The summed E-state index contributed by atoms with van der Waals surface area (Å²) in [5.74, 6) is 1.56. The van der Waals surface area contributed by atoms with Crippen LogP contribution in [-0.2, 0) is 9.53 Å². The summed E-state index contributed by atoms with van der Waals surface area (Å²) >= 11 is 0. The summed E-state index contributed by atoms with van der Waals surface area (Å²) in [4.78, 5) is 11.6. The predicted octanol–water partition coefficient (Wildman–Crippen LogP) is 2.93. The third-order valence-electron chi connectivity index (χ3n) is 3.76. The van der Waals surface area contributed by atoms with Gasteiger partial charge in [-0.1, -0.05) is 6.58 Å². The Bertz CT molecular complexity index is 536. The number of amides is 1. The minimum atomic E-state index is -0.263. The van der Waals surface area contributed by atoms with Crippen molar-refractivity contribution in [2.24, 2.45) is 5.92 Å². The molecule has 1 aromatic carbocycles. The van der Waals surface area contributed by atoms with E-state index in [0.717, 1.165) is 37.4 Å². The molecule has 0 unspecified atom stereocenters. The van der Waals surface area contributed by atoms with Gasteiger partial charge in [0.1, 0.15) is 11.5 Å². The zero-order valence-corrected chi connectivity index (χ0v) is 13.2. The number of ether oxygens (including phenoxy) is 3. The Balaban J connectivity index is 2.14. The van der Waals surface area contributed by atoms with Gasteiger partial charge in [0.15, 0.2) is 0 Å². The molecule has 0 aromatic heterocycles. The zero-order chi connectivity index (χ0) is 15.9. The van der Waals surface area contributed by atoms with Crippen LogP contribution in [0, 0.1) is 12.8 Å². The monoisotopic (exact) mass is 305 g/mol. The summed E-state index contributed by atoms with van der Waals surface area (Å²) in [6, 6.07) is 3.66. The van der Waals surface area contributed by atoms with E-state index in [-0.39, 0.29) is 5.91 Å². The van der Waals surface area contributed by atoms with E-state index in [2.05, 4.69) is 11.9 Å². The van der Waals surface area contributed by atoms with Gasteiger partial charge in [0.2, 0.25) is 5.91 Å². The number of rotatable bonds is 6. The van der Waals surface area contributed by atoms with Crippen LogP contribution < -0.4 is 14.8 Å². The van der Waals surface area contributed by atoms with Crippen molar-refractivity contribution in [2.75, 3.05) is 32.2 Å². The highest BCUT2D eigenvalue weighted by Gasteiger charge is 2.17. The number of aryl methyl sites for hydroxylation is 1. The lowest BCUT2D eigenvalue weighted by atomic mass is 10.0. The van der Waals surface area contributed by atoms with Gasteiger partial charge in [-0.15, -0.1) is 0 Å². The minimum absolute atomic E-state index is 0.263. The van der Waals surface area contributed by atoms with Gasteiger partial charge in [-0.25, -0.2) is 0 Å². The summed E-state index contributed by atoms with van der Waals surface area (Å²) in [6.45, 7) is 7.56. The third-order valence-corrected chi connectivity index (χ3v) is 3.76. The Kier molecular flexibility index (Phi) is 5.83. The fourth-order valence-electron chi connectivity index (χ4n) is 2.41. The standard InChI is InChI=1S/C17H23NO4/c1-4-17(19)18-14-9-12(2)15(20-3)10-16(14)22-11-13-5-7-21-8-6-13/h4,9-10,13H,1,5-8,11H2,2-3H3,(H,18,19). The smallest absolute Gasteiger partial charge is 0.247 e.